The lowest BCUT2D eigenvalue weighted by molar-refractivity contribution is -0.144. The Morgan fingerprint density at radius 2 is 1.74 bits per heavy atom. The molecule has 1 N–H and O–H groups in total. The molecule has 8 nitrogen and oxygen atoms in total. The number of nitrogens with zero attached hydrogens (tertiary/aromatic N) is 3. The van der Waals surface area contributed by atoms with Crippen LogP contribution < -0.4 is 10.3 Å². The third-order valence-electron chi connectivity index (χ3n) is 7.73. The van der Waals surface area contributed by atoms with Gasteiger partial charge in [0, 0.05) is 11.5 Å². The number of aryl methyl sites for hydroxylation is 1. The normalized spacial score (nSPS) is 18.7. The first-order chi connectivity index (χ1) is 20.1. The Morgan fingerprint density at radius 1 is 1.00 bits per heavy atom. The highest BCUT2D eigenvalue weighted by Crippen LogP contribution is 2.40. The third kappa shape index (κ3) is 6.35. The number of halogens is 3. The Morgan fingerprint density at radius 3 is 2.43 bits per heavy atom. The van der Waals surface area contributed by atoms with E-state index in [1.165, 1.54) is 5.56 Å². The highest BCUT2D eigenvalue weighted by atomic mass is 19.4. The van der Waals surface area contributed by atoms with Crippen LogP contribution in [0.25, 0.3) is 10.9 Å². The third-order valence-corrected chi connectivity index (χ3v) is 7.73. The lowest BCUT2D eigenvalue weighted by Crippen LogP contribution is -2.34. The van der Waals surface area contributed by atoms with Gasteiger partial charge in [-0.15, -0.1) is 5.10 Å². The molecule has 218 valence electrons. The molecule has 11 heteroatoms. The van der Waals surface area contributed by atoms with E-state index in [0.29, 0.717) is 24.3 Å². The molecule has 1 aliphatic carbocycles. The maximum absolute atomic E-state index is 13.4. The Balaban J connectivity index is 1.25. The van der Waals surface area contributed by atoms with E-state index in [0.717, 1.165) is 35.7 Å². The van der Waals surface area contributed by atoms with Gasteiger partial charge >= 0.3 is 12.1 Å². The quantitative estimate of drug-likeness (QED) is 0.197. The SMILES string of the molecule is O=C(c1ccc(OCCCc2ccccc2)cc1)C1CCC(Cn2nnc3ccc(C(F)(F)F)cc3c2=O)C1C(=O)O. The topological polar surface area (TPSA) is 111 Å². The number of hydrogen-bond donors (Lipinski definition) is 1. The number of rotatable bonds is 10. The fraction of sp³-hybridized carbons (Fsp3) is 0.323. The average Bonchev–Trinajstić information content (AvgIpc) is 3.40. The van der Waals surface area contributed by atoms with Crippen molar-refractivity contribution in [3.8, 4) is 5.75 Å². The first-order valence-corrected chi connectivity index (χ1v) is 13.6. The molecule has 3 unspecified atom stereocenters. The average molecular weight is 580 g/mol. The van der Waals surface area contributed by atoms with Gasteiger partial charge in [-0.1, -0.05) is 35.5 Å². The van der Waals surface area contributed by atoms with Crippen LogP contribution in [0.15, 0.2) is 77.6 Å². The number of ether oxygens (including phenoxy) is 1. The van der Waals surface area contributed by atoms with Crippen LogP contribution in [-0.2, 0) is 23.9 Å². The van der Waals surface area contributed by atoms with E-state index in [1.807, 2.05) is 18.2 Å². The molecule has 1 heterocycles. The van der Waals surface area contributed by atoms with Gasteiger partial charge in [-0.3, -0.25) is 14.4 Å². The lowest BCUT2D eigenvalue weighted by Gasteiger charge is -2.20. The maximum Gasteiger partial charge on any atom is 0.416 e. The predicted molar refractivity (Wildman–Crippen MR) is 147 cm³/mol. The van der Waals surface area contributed by atoms with Crippen molar-refractivity contribution in [2.75, 3.05) is 6.61 Å². The smallest absolute Gasteiger partial charge is 0.416 e. The van der Waals surface area contributed by atoms with Crippen LogP contribution in [0.4, 0.5) is 13.2 Å². The fourth-order valence-corrected chi connectivity index (χ4v) is 5.59. The highest BCUT2D eigenvalue weighted by Gasteiger charge is 2.45. The number of ketones is 1. The largest absolute Gasteiger partial charge is 0.494 e. The molecule has 0 amide bonds. The highest BCUT2D eigenvalue weighted by molar-refractivity contribution is 6.00. The molecule has 0 radical (unpaired) electrons. The standard InChI is InChI=1S/C31H28F3N3O5/c32-31(33,34)22-11-15-26-25(17-22)29(39)37(36-35-26)18-21-10-14-24(27(21)30(40)41)28(38)20-8-12-23(13-9-20)42-16-4-7-19-5-2-1-3-6-19/h1-3,5-6,8-9,11-13,15,17,21,24,27H,4,7,10,14,16,18H2,(H,40,41). The second-order valence-electron chi connectivity index (χ2n) is 10.4. The summed E-state index contributed by atoms with van der Waals surface area (Å²) in [4.78, 5) is 38.6. The summed E-state index contributed by atoms with van der Waals surface area (Å²) in [6.45, 7) is 0.316. The minimum absolute atomic E-state index is 0.00197. The van der Waals surface area contributed by atoms with Gasteiger partial charge in [0.25, 0.3) is 5.56 Å². The summed E-state index contributed by atoms with van der Waals surface area (Å²) in [6.07, 6.45) is -2.34. The molecule has 3 atom stereocenters. The number of carboxylic acids is 1. The van der Waals surface area contributed by atoms with E-state index in [1.54, 1.807) is 24.3 Å². The molecular formula is C31H28F3N3O5. The molecule has 3 aromatic carbocycles. The summed E-state index contributed by atoms with van der Waals surface area (Å²) in [5.41, 5.74) is -0.222. The van der Waals surface area contributed by atoms with Crippen LogP contribution in [0, 0.1) is 17.8 Å². The minimum atomic E-state index is -4.64. The lowest BCUT2D eigenvalue weighted by atomic mass is 9.84. The number of hydrogen-bond acceptors (Lipinski definition) is 6. The molecule has 0 saturated heterocycles. The van der Waals surface area contributed by atoms with E-state index in [2.05, 4.69) is 22.4 Å². The first kappa shape index (κ1) is 29.0. The summed E-state index contributed by atoms with van der Waals surface area (Å²) >= 11 is 0. The van der Waals surface area contributed by atoms with Crippen molar-refractivity contribution in [2.45, 2.75) is 38.4 Å². The van der Waals surface area contributed by atoms with Gasteiger partial charge in [0.1, 0.15) is 11.3 Å². The van der Waals surface area contributed by atoms with Crippen LogP contribution in [0.1, 0.15) is 40.7 Å². The van der Waals surface area contributed by atoms with Crippen LogP contribution in [0.3, 0.4) is 0 Å². The van der Waals surface area contributed by atoms with Crippen LogP contribution >= 0.6 is 0 Å². The molecule has 5 rings (SSSR count). The summed E-state index contributed by atoms with van der Waals surface area (Å²) in [6, 6.07) is 19.2. The molecule has 1 aliphatic rings. The molecule has 4 aromatic rings. The molecule has 0 aliphatic heterocycles. The van der Waals surface area contributed by atoms with Gasteiger partial charge in [-0.05, 0) is 79.6 Å². The molecule has 1 aromatic heterocycles. The van der Waals surface area contributed by atoms with Crippen molar-refractivity contribution in [3.63, 3.8) is 0 Å². The number of aromatic nitrogens is 3. The molecule has 0 bridgehead atoms. The number of aliphatic carboxylic acids is 1. The molecular weight excluding hydrogens is 551 g/mol. The summed E-state index contributed by atoms with van der Waals surface area (Å²) in [7, 11) is 0. The Labute approximate surface area is 238 Å². The maximum atomic E-state index is 13.4. The number of carbonyl (C=O) groups excluding carboxylic acids is 1. The fourth-order valence-electron chi connectivity index (χ4n) is 5.59. The Bertz CT molecular complexity index is 1640. The van der Waals surface area contributed by atoms with Gasteiger partial charge in [0.15, 0.2) is 5.78 Å². The monoisotopic (exact) mass is 579 g/mol. The zero-order valence-electron chi connectivity index (χ0n) is 22.5. The van der Waals surface area contributed by atoms with Gasteiger partial charge in [-0.25, -0.2) is 4.68 Å². The Kier molecular flexibility index (Phi) is 8.37. The molecule has 42 heavy (non-hydrogen) atoms. The van der Waals surface area contributed by atoms with E-state index >= 15 is 0 Å². The number of carbonyl (C=O) groups is 2. The molecule has 0 spiro atoms. The van der Waals surface area contributed by atoms with Crippen molar-refractivity contribution in [1.82, 2.24) is 15.0 Å². The number of carboxylic acid groups (broad SMARTS) is 1. The molecule has 1 fully saturated rings. The number of fused-ring (bicyclic) bond motifs is 1. The van der Waals surface area contributed by atoms with Crippen molar-refractivity contribution < 1.29 is 32.6 Å². The first-order valence-electron chi connectivity index (χ1n) is 13.6. The van der Waals surface area contributed by atoms with Crippen molar-refractivity contribution >= 4 is 22.7 Å². The van der Waals surface area contributed by atoms with Crippen molar-refractivity contribution in [2.24, 2.45) is 17.8 Å². The van der Waals surface area contributed by atoms with Crippen molar-refractivity contribution in [3.05, 3.63) is 99.8 Å². The second kappa shape index (κ2) is 12.1. The summed E-state index contributed by atoms with van der Waals surface area (Å²) < 4.78 is 46.2. The van der Waals surface area contributed by atoms with Crippen LogP contribution in [0.2, 0.25) is 0 Å². The predicted octanol–water partition coefficient (Wildman–Crippen LogP) is 5.43. The zero-order valence-corrected chi connectivity index (χ0v) is 22.5. The minimum Gasteiger partial charge on any atom is -0.494 e. The van der Waals surface area contributed by atoms with Crippen LogP contribution in [-0.4, -0.2) is 38.5 Å². The van der Waals surface area contributed by atoms with Gasteiger partial charge in [-0.2, -0.15) is 13.2 Å². The van der Waals surface area contributed by atoms with Crippen LogP contribution in [0.5, 0.6) is 5.75 Å². The Hall–Kier alpha value is -4.54. The van der Waals surface area contributed by atoms with Gasteiger partial charge < -0.3 is 9.84 Å². The van der Waals surface area contributed by atoms with Gasteiger partial charge in [0.05, 0.1) is 30.0 Å². The van der Waals surface area contributed by atoms with E-state index in [4.69, 9.17) is 4.74 Å². The zero-order chi connectivity index (χ0) is 29.9. The van der Waals surface area contributed by atoms with E-state index < -0.39 is 41.0 Å². The number of alkyl halides is 3. The number of Topliss-reactive ketones (excluding diaryl/α,β-unsaturated/α-hetero) is 1. The summed E-state index contributed by atoms with van der Waals surface area (Å²) in [5.74, 6) is -3.48. The van der Waals surface area contributed by atoms with Crippen molar-refractivity contribution in [1.29, 1.82) is 0 Å². The van der Waals surface area contributed by atoms with Gasteiger partial charge in [0.2, 0.25) is 0 Å². The molecule has 1 saturated carbocycles. The summed E-state index contributed by atoms with van der Waals surface area (Å²) in [5, 5.41) is 17.4. The van der Waals surface area contributed by atoms with E-state index in [-0.39, 0.29) is 29.7 Å². The second-order valence-corrected chi connectivity index (χ2v) is 10.4. The van der Waals surface area contributed by atoms with E-state index in [9.17, 15) is 32.7 Å². The number of benzene rings is 3.